The van der Waals surface area contributed by atoms with Crippen LogP contribution in [0.4, 0.5) is 0 Å². The summed E-state index contributed by atoms with van der Waals surface area (Å²) in [6.07, 6.45) is 0. The first-order chi connectivity index (χ1) is 10.00. The third kappa shape index (κ3) is 7.74. The van der Waals surface area contributed by atoms with Crippen LogP contribution in [0.3, 0.4) is 0 Å². The second kappa shape index (κ2) is 8.58. The van der Waals surface area contributed by atoms with Crippen molar-refractivity contribution in [1.82, 2.24) is 0 Å². The van der Waals surface area contributed by atoms with Gasteiger partial charge in [-0.2, -0.15) is 0 Å². The Morgan fingerprint density at radius 2 is 0.826 bits per heavy atom. The Hall–Kier alpha value is -1.22. The maximum Gasteiger partial charge on any atom is 2.00 e. The van der Waals surface area contributed by atoms with E-state index in [1.165, 1.54) is 24.3 Å². The molecule has 0 atom stereocenters. The Balaban J connectivity index is 0.000000403. The second-order valence-electron chi connectivity index (χ2n) is 4.53. The fourth-order valence-electron chi connectivity index (χ4n) is 1.41. The maximum absolute atomic E-state index is 10.4. The maximum atomic E-state index is 10.4. The van der Waals surface area contributed by atoms with Gasteiger partial charge < -0.3 is 9.11 Å². The minimum absolute atomic E-state index is 0. The molecular weight excluding hydrogens is 384 g/mol. The van der Waals surface area contributed by atoms with Gasteiger partial charge in [-0.25, -0.2) is 16.8 Å². The standard InChI is InChI=1S/2C7H8O3S.Fe/c2*1-6-2-4-7(5-3-6)11(8,9)10;/h2*2-5H,1H3,(H,8,9,10);/q;;+2/p-2. The van der Waals surface area contributed by atoms with E-state index in [0.717, 1.165) is 11.1 Å². The Morgan fingerprint density at radius 3 is 1.00 bits per heavy atom. The predicted octanol–water partition coefficient (Wildman–Crippen LogP) is 1.80. The van der Waals surface area contributed by atoms with E-state index < -0.39 is 20.2 Å². The molecule has 0 amide bonds. The zero-order valence-electron chi connectivity index (χ0n) is 12.2. The van der Waals surface area contributed by atoms with Crippen molar-refractivity contribution in [3.8, 4) is 0 Å². The molecule has 0 aliphatic rings. The monoisotopic (exact) mass is 398 g/mol. The second-order valence-corrected chi connectivity index (χ2v) is 7.29. The average Bonchev–Trinajstić information content (AvgIpc) is 2.38. The van der Waals surface area contributed by atoms with Gasteiger partial charge in [-0.3, -0.25) is 0 Å². The van der Waals surface area contributed by atoms with Crippen molar-refractivity contribution in [1.29, 1.82) is 0 Å². The van der Waals surface area contributed by atoms with Crippen molar-refractivity contribution >= 4 is 20.2 Å². The van der Waals surface area contributed by atoms with Crippen molar-refractivity contribution < 1.29 is 43.0 Å². The molecule has 9 heteroatoms. The van der Waals surface area contributed by atoms with Gasteiger partial charge in [0.15, 0.2) is 0 Å². The van der Waals surface area contributed by atoms with Gasteiger partial charge >= 0.3 is 17.1 Å². The fraction of sp³-hybridized carbons (Fsp3) is 0.143. The molecule has 0 aliphatic heterocycles. The summed E-state index contributed by atoms with van der Waals surface area (Å²) in [6, 6.07) is 11.6. The van der Waals surface area contributed by atoms with Crippen LogP contribution in [0.2, 0.25) is 0 Å². The zero-order valence-corrected chi connectivity index (χ0v) is 15.0. The van der Waals surface area contributed by atoms with Gasteiger partial charge in [0.1, 0.15) is 20.2 Å². The Kier molecular flexibility index (Phi) is 8.13. The first-order valence-electron chi connectivity index (χ1n) is 6.05. The number of aryl methyl sites for hydroxylation is 2. The van der Waals surface area contributed by atoms with E-state index in [1.54, 1.807) is 24.3 Å². The predicted molar refractivity (Wildman–Crippen MR) is 78.3 cm³/mol. The summed E-state index contributed by atoms with van der Waals surface area (Å²) >= 11 is 0. The van der Waals surface area contributed by atoms with E-state index in [4.69, 9.17) is 0 Å². The summed E-state index contributed by atoms with van der Waals surface area (Å²) in [5.74, 6) is 0. The van der Waals surface area contributed by atoms with Crippen LogP contribution in [0.5, 0.6) is 0 Å². The van der Waals surface area contributed by atoms with Crippen LogP contribution in [0.1, 0.15) is 11.1 Å². The number of rotatable bonds is 2. The van der Waals surface area contributed by atoms with Gasteiger partial charge in [-0.05, 0) is 38.1 Å². The van der Waals surface area contributed by atoms with E-state index >= 15 is 0 Å². The number of hydrogen-bond donors (Lipinski definition) is 0. The SMILES string of the molecule is Cc1ccc(S(=O)(=O)[O-])cc1.Cc1ccc(S(=O)(=O)[O-])cc1.[Fe+2]. The molecule has 2 aromatic rings. The molecule has 2 aromatic carbocycles. The summed E-state index contributed by atoms with van der Waals surface area (Å²) in [4.78, 5) is -0.355. The summed E-state index contributed by atoms with van der Waals surface area (Å²) in [7, 11) is -8.54. The molecular formula is C14H14FeO6S2. The third-order valence-corrected chi connectivity index (χ3v) is 4.32. The topological polar surface area (TPSA) is 114 Å². The minimum Gasteiger partial charge on any atom is -0.744 e. The van der Waals surface area contributed by atoms with Crippen LogP contribution in [0.25, 0.3) is 0 Å². The summed E-state index contributed by atoms with van der Waals surface area (Å²) < 4.78 is 62.3. The molecule has 0 saturated heterocycles. The Labute approximate surface area is 146 Å². The Morgan fingerprint density at radius 1 is 0.609 bits per heavy atom. The van der Waals surface area contributed by atoms with Crippen LogP contribution in [0, 0.1) is 13.8 Å². The van der Waals surface area contributed by atoms with Crippen LogP contribution in [-0.4, -0.2) is 25.9 Å². The molecule has 0 aliphatic carbocycles. The first kappa shape index (κ1) is 21.8. The molecule has 0 heterocycles. The first-order valence-corrected chi connectivity index (χ1v) is 8.87. The van der Waals surface area contributed by atoms with E-state index in [2.05, 4.69) is 0 Å². The molecule has 0 saturated carbocycles. The molecule has 0 aromatic heterocycles. The summed E-state index contributed by atoms with van der Waals surface area (Å²) in [5.41, 5.74) is 1.86. The molecule has 0 bridgehead atoms. The van der Waals surface area contributed by atoms with Crippen molar-refractivity contribution in [3.05, 3.63) is 59.7 Å². The van der Waals surface area contributed by atoms with Crippen LogP contribution in [0.15, 0.2) is 58.3 Å². The molecule has 0 unspecified atom stereocenters. The molecule has 0 radical (unpaired) electrons. The van der Waals surface area contributed by atoms with Crippen molar-refractivity contribution in [3.63, 3.8) is 0 Å². The van der Waals surface area contributed by atoms with Gasteiger partial charge in [0.25, 0.3) is 0 Å². The molecule has 126 valence electrons. The van der Waals surface area contributed by atoms with Gasteiger partial charge in [-0.1, -0.05) is 35.4 Å². The van der Waals surface area contributed by atoms with Gasteiger partial charge in [0, 0.05) is 0 Å². The van der Waals surface area contributed by atoms with Crippen LogP contribution < -0.4 is 0 Å². The number of benzene rings is 2. The normalized spacial score (nSPS) is 11.0. The van der Waals surface area contributed by atoms with Crippen molar-refractivity contribution in [2.75, 3.05) is 0 Å². The van der Waals surface area contributed by atoms with Crippen LogP contribution >= 0.6 is 0 Å². The summed E-state index contributed by atoms with van der Waals surface area (Å²) in [6.45, 7) is 3.64. The number of hydrogen-bond acceptors (Lipinski definition) is 6. The quantitative estimate of drug-likeness (QED) is 0.563. The van der Waals surface area contributed by atoms with E-state index in [0.29, 0.717) is 0 Å². The zero-order chi connectivity index (χ0) is 17.0. The molecule has 0 fully saturated rings. The van der Waals surface area contributed by atoms with Crippen molar-refractivity contribution in [2.45, 2.75) is 23.6 Å². The minimum atomic E-state index is -4.27. The summed E-state index contributed by atoms with van der Waals surface area (Å²) in [5, 5.41) is 0. The largest absolute Gasteiger partial charge is 2.00 e. The molecule has 0 spiro atoms. The van der Waals surface area contributed by atoms with Gasteiger partial charge in [-0.15, -0.1) is 0 Å². The van der Waals surface area contributed by atoms with Crippen LogP contribution in [-0.2, 0) is 37.3 Å². The van der Waals surface area contributed by atoms with E-state index in [9.17, 15) is 25.9 Å². The van der Waals surface area contributed by atoms with Crippen molar-refractivity contribution in [2.24, 2.45) is 0 Å². The average molecular weight is 398 g/mol. The smallest absolute Gasteiger partial charge is 0.744 e. The van der Waals surface area contributed by atoms with Gasteiger partial charge in [0.2, 0.25) is 0 Å². The molecule has 23 heavy (non-hydrogen) atoms. The third-order valence-electron chi connectivity index (χ3n) is 2.62. The van der Waals surface area contributed by atoms with E-state index in [-0.39, 0.29) is 26.9 Å². The molecule has 2 rings (SSSR count). The Bertz CT molecular complexity index is 752. The molecule has 6 nitrogen and oxygen atoms in total. The van der Waals surface area contributed by atoms with Gasteiger partial charge in [0.05, 0.1) is 9.79 Å². The van der Waals surface area contributed by atoms with E-state index in [1.807, 2.05) is 13.8 Å². The fourth-order valence-corrected chi connectivity index (χ4v) is 2.35. The molecule has 0 N–H and O–H groups in total.